The molecule has 0 heterocycles. The molecule has 1 N–H and O–H groups in total. The van der Waals surface area contributed by atoms with Crippen molar-refractivity contribution < 1.29 is 14.6 Å². The Morgan fingerprint density at radius 2 is 1.00 bits per heavy atom. The molecule has 0 amide bonds. The van der Waals surface area contributed by atoms with Gasteiger partial charge in [0.1, 0.15) is 11.5 Å². The van der Waals surface area contributed by atoms with Crippen molar-refractivity contribution in [2.24, 2.45) is 5.92 Å². The number of unbranched alkanes of at least 4 members (excludes halogenated alkanes) is 19. The minimum atomic E-state index is -0.143. The lowest BCUT2D eigenvalue weighted by atomic mass is 9.97. The number of carbonyl (C=O) groups excluding carboxylic acids is 1. The normalized spacial score (nSPS) is 12.1. The van der Waals surface area contributed by atoms with Crippen molar-refractivity contribution in [1.82, 2.24) is 0 Å². The second-order valence-electron chi connectivity index (χ2n) is 10.5. The second-order valence-corrected chi connectivity index (χ2v) is 10.5. The van der Waals surface area contributed by atoms with Gasteiger partial charge < -0.3 is 9.84 Å². The third-order valence-corrected chi connectivity index (χ3v) is 7.29. The van der Waals surface area contributed by atoms with E-state index in [-0.39, 0.29) is 17.6 Å². The minimum absolute atomic E-state index is 0.0284. The molecule has 1 rings (SSSR count). The number of phenolic OH excluding ortho intramolecular Hbond substituents is 1. The smallest absolute Gasteiger partial charge is 0.314 e. The van der Waals surface area contributed by atoms with Crippen molar-refractivity contribution in [2.75, 3.05) is 0 Å². The Labute approximate surface area is 217 Å². The monoisotopic (exact) mass is 488 g/mol. The first-order valence-electron chi connectivity index (χ1n) is 15.2. The van der Waals surface area contributed by atoms with Crippen molar-refractivity contribution in [3.63, 3.8) is 0 Å². The van der Waals surface area contributed by atoms with E-state index in [2.05, 4.69) is 13.8 Å². The molecule has 0 aliphatic heterocycles. The lowest BCUT2D eigenvalue weighted by Gasteiger charge is -2.14. The SMILES string of the molecule is CCCCCCCCCCCCCCCCCCCCCCC(CC)C(=O)Oc1ccc(O)cc1. The highest BCUT2D eigenvalue weighted by molar-refractivity contribution is 5.75. The van der Waals surface area contributed by atoms with E-state index in [1.165, 1.54) is 122 Å². The molecule has 0 aliphatic rings. The van der Waals surface area contributed by atoms with E-state index < -0.39 is 0 Å². The zero-order valence-corrected chi connectivity index (χ0v) is 23.2. The summed E-state index contributed by atoms with van der Waals surface area (Å²) in [6, 6.07) is 6.36. The van der Waals surface area contributed by atoms with E-state index >= 15 is 0 Å². The number of benzene rings is 1. The highest BCUT2D eigenvalue weighted by Gasteiger charge is 2.18. The van der Waals surface area contributed by atoms with Crippen LogP contribution in [-0.2, 0) is 4.79 Å². The minimum Gasteiger partial charge on any atom is -0.508 e. The van der Waals surface area contributed by atoms with Crippen LogP contribution in [0.5, 0.6) is 11.5 Å². The summed E-state index contributed by atoms with van der Waals surface area (Å²) >= 11 is 0. The number of rotatable bonds is 24. The average Bonchev–Trinajstić information content (AvgIpc) is 2.86. The summed E-state index contributed by atoms with van der Waals surface area (Å²) < 4.78 is 5.47. The molecule has 1 atom stereocenters. The topological polar surface area (TPSA) is 46.5 Å². The van der Waals surface area contributed by atoms with Crippen molar-refractivity contribution in [3.05, 3.63) is 24.3 Å². The number of esters is 1. The van der Waals surface area contributed by atoms with E-state index in [1.54, 1.807) is 24.3 Å². The van der Waals surface area contributed by atoms with Gasteiger partial charge in [-0.05, 0) is 37.1 Å². The van der Waals surface area contributed by atoms with Crippen LogP contribution < -0.4 is 4.74 Å². The van der Waals surface area contributed by atoms with Gasteiger partial charge in [-0.3, -0.25) is 4.79 Å². The van der Waals surface area contributed by atoms with Crippen LogP contribution in [0.2, 0.25) is 0 Å². The van der Waals surface area contributed by atoms with E-state index in [1.807, 2.05) is 0 Å². The number of hydrogen-bond acceptors (Lipinski definition) is 3. The van der Waals surface area contributed by atoms with Crippen LogP contribution in [0.3, 0.4) is 0 Å². The molecule has 1 aromatic rings. The quantitative estimate of drug-likeness (QED) is 0.0894. The molecule has 1 aromatic carbocycles. The van der Waals surface area contributed by atoms with E-state index in [4.69, 9.17) is 4.74 Å². The van der Waals surface area contributed by atoms with Crippen LogP contribution >= 0.6 is 0 Å². The first kappa shape index (κ1) is 31.5. The lowest BCUT2D eigenvalue weighted by Crippen LogP contribution is -2.20. The van der Waals surface area contributed by atoms with Crippen molar-refractivity contribution in [1.29, 1.82) is 0 Å². The molecular weight excluding hydrogens is 432 g/mol. The van der Waals surface area contributed by atoms with Gasteiger partial charge in [-0.1, -0.05) is 142 Å². The third kappa shape index (κ3) is 18.4. The molecule has 0 bridgehead atoms. The second kappa shape index (κ2) is 22.9. The van der Waals surface area contributed by atoms with Crippen LogP contribution in [-0.4, -0.2) is 11.1 Å². The molecule has 35 heavy (non-hydrogen) atoms. The summed E-state index contributed by atoms with van der Waals surface area (Å²) in [5.41, 5.74) is 0. The van der Waals surface area contributed by atoms with E-state index in [9.17, 15) is 9.90 Å². The van der Waals surface area contributed by atoms with Gasteiger partial charge in [-0.2, -0.15) is 0 Å². The number of ether oxygens (including phenoxy) is 1. The highest BCUT2D eigenvalue weighted by Crippen LogP contribution is 2.21. The first-order valence-corrected chi connectivity index (χ1v) is 15.2. The fourth-order valence-electron chi connectivity index (χ4n) is 4.85. The zero-order chi connectivity index (χ0) is 25.4. The molecule has 1 unspecified atom stereocenters. The first-order chi connectivity index (χ1) is 17.2. The van der Waals surface area contributed by atoms with Crippen LogP contribution in [0.15, 0.2) is 24.3 Å². The van der Waals surface area contributed by atoms with Crippen LogP contribution in [0.1, 0.15) is 155 Å². The maximum Gasteiger partial charge on any atom is 0.314 e. The highest BCUT2D eigenvalue weighted by atomic mass is 16.5. The number of hydrogen-bond donors (Lipinski definition) is 1. The Hall–Kier alpha value is -1.51. The number of aromatic hydroxyl groups is 1. The molecule has 0 saturated carbocycles. The lowest BCUT2D eigenvalue weighted by molar-refractivity contribution is -0.139. The van der Waals surface area contributed by atoms with Gasteiger partial charge in [0, 0.05) is 0 Å². The average molecular weight is 489 g/mol. The van der Waals surface area contributed by atoms with Crippen LogP contribution in [0.4, 0.5) is 0 Å². The predicted octanol–water partition coefficient (Wildman–Crippen LogP) is 10.5. The fraction of sp³-hybridized carbons (Fsp3) is 0.781. The van der Waals surface area contributed by atoms with Crippen LogP contribution in [0.25, 0.3) is 0 Å². The zero-order valence-electron chi connectivity index (χ0n) is 23.2. The Morgan fingerprint density at radius 3 is 1.37 bits per heavy atom. The van der Waals surface area contributed by atoms with Gasteiger partial charge in [0.05, 0.1) is 5.92 Å². The summed E-state index contributed by atoms with van der Waals surface area (Å²) in [7, 11) is 0. The molecule has 3 heteroatoms. The van der Waals surface area contributed by atoms with Crippen LogP contribution in [0, 0.1) is 5.92 Å². The summed E-state index contributed by atoms with van der Waals surface area (Å²) in [6.45, 7) is 4.34. The standard InChI is InChI=1S/C32H56O3/c1-3-5-6-7-8-9-10-11-12-13-14-15-16-17-18-19-20-21-22-23-24-29(4-2)32(34)35-31-27-25-30(33)26-28-31/h25-29,33H,3-24H2,1-2H3. The van der Waals surface area contributed by atoms with E-state index in [0.29, 0.717) is 5.75 Å². The van der Waals surface area contributed by atoms with Crippen molar-refractivity contribution in [2.45, 2.75) is 155 Å². The Kier molecular flexibility index (Phi) is 20.6. The molecule has 202 valence electrons. The Bertz CT molecular complexity index is 595. The van der Waals surface area contributed by atoms with Gasteiger partial charge in [0.15, 0.2) is 0 Å². The van der Waals surface area contributed by atoms with Gasteiger partial charge in [0.2, 0.25) is 0 Å². The van der Waals surface area contributed by atoms with Gasteiger partial charge >= 0.3 is 5.97 Å². The number of phenols is 1. The molecule has 0 aromatic heterocycles. The Morgan fingerprint density at radius 1 is 0.629 bits per heavy atom. The molecule has 0 spiro atoms. The summed E-state index contributed by atoms with van der Waals surface area (Å²) in [5.74, 6) is 0.520. The fourth-order valence-corrected chi connectivity index (χ4v) is 4.85. The van der Waals surface area contributed by atoms with Gasteiger partial charge in [0.25, 0.3) is 0 Å². The van der Waals surface area contributed by atoms with Crippen molar-refractivity contribution >= 4 is 5.97 Å². The van der Waals surface area contributed by atoms with Gasteiger partial charge in [-0.25, -0.2) is 0 Å². The Balaban J connectivity index is 1.84. The summed E-state index contributed by atoms with van der Waals surface area (Å²) in [5, 5.41) is 9.34. The summed E-state index contributed by atoms with van der Waals surface area (Å²) in [4.78, 5) is 12.4. The molecular formula is C32H56O3. The van der Waals surface area contributed by atoms with Crippen molar-refractivity contribution in [3.8, 4) is 11.5 Å². The third-order valence-electron chi connectivity index (χ3n) is 7.29. The molecule has 0 fully saturated rings. The maximum absolute atomic E-state index is 12.4. The molecule has 3 nitrogen and oxygen atoms in total. The molecule has 0 radical (unpaired) electrons. The number of carbonyl (C=O) groups is 1. The molecule has 0 aliphatic carbocycles. The maximum atomic E-state index is 12.4. The van der Waals surface area contributed by atoms with E-state index in [0.717, 1.165) is 19.3 Å². The van der Waals surface area contributed by atoms with Gasteiger partial charge in [-0.15, -0.1) is 0 Å². The predicted molar refractivity (Wildman–Crippen MR) is 150 cm³/mol. The summed E-state index contributed by atoms with van der Waals surface area (Å²) in [6.07, 6.45) is 29.4. The largest absolute Gasteiger partial charge is 0.508 e. The molecule has 0 saturated heterocycles.